The Balaban J connectivity index is 2.08. The number of halogens is 1. The van der Waals surface area contributed by atoms with Crippen LogP contribution in [0.25, 0.3) is 0 Å². The molecule has 27 heavy (non-hydrogen) atoms. The van der Waals surface area contributed by atoms with Gasteiger partial charge in [-0.1, -0.05) is 67.4 Å². The molecule has 0 aliphatic rings. The Morgan fingerprint density at radius 2 is 1.52 bits per heavy atom. The minimum atomic E-state index is -0.568. The predicted molar refractivity (Wildman–Crippen MR) is 109 cm³/mol. The van der Waals surface area contributed by atoms with Gasteiger partial charge in [-0.15, -0.1) is 0 Å². The van der Waals surface area contributed by atoms with E-state index in [9.17, 15) is 9.59 Å². The van der Waals surface area contributed by atoms with Gasteiger partial charge in [0.15, 0.2) is 0 Å². The summed E-state index contributed by atoms with van der Waals surface area (Å²) in [5, 5.41) is 3.58. The molecule has 4 nitrogen and oxygen atoms in total. The number of nitrogens with one attached hydrogen (secondary N) is 1. The van der Waals surface area contributed by atoms with Crippen LogP contribution < -0.4 is 5.32 Å². The van der Waals surface area contributed by atoms with Gasteiger partial charge in [0.05, 0.1) is 0 Å². The van der Waals surface area contributed by atoms with Crippen molar-refractivity contribution < 1.29 is 9.59 Å². The summed E-state index contributed by atoms with van der Waals surface area (Å²) in [6, 6.07) is 14.8. The molecule has 1 N–H and O–H groups in total. The number of carbonyl (C=O) groups is 2. The fraction of sp³-hybridized carbons (Fsp3) is 0.364. The van der Waals surface area contributed by atoms with Crippen LogP contribution in [-0.2, 0) is 22.7 Å². The van der Waals surface area contributed by atoms with Crippen LogP contribution in [0.15, 0.2) is 48.5 Å². The molecule has 0 fully saturated rings. The molecule has 0 aromatic heterocycles. The standard InChI is InChI=1S/C22H27ClN2O2/c1-15(2)22(27)25(14-19-9-11-20(23)12-10-19)17(4)21(26)24-13-18-7-5-16(3)6-8-18/h5-12,15,17H,13-14H2,1-4H3,(H,24,26)/t17-/m0/s1. The first-order valence-corrected chi connectivity index (χ1v) is 9.54. The molecule has 2 aromatic carbocycles. The molecule has 0 unspecified atom stereocenters. The topological polar surface area (TPSA) is 49.4 Å². The lowest BCUT2D eigenvalue weighted by atomic mass is 10.1. The summed E-state index contributed by atoms with van der Waals surface area (Å²) >= 11 is 5.94. The van der Waals surface area contributed by atoms with Gasteiger partial charge >= 0.3 is 0 Å². The second-order valence-electron chi connectivity index (χ2n) is 7.13. The van der Waals surface area contributed by atoms with Crippen molar-refractivity contribution in [2.24, 2.45) is 5.92 Å². The molecule has 1 atom stereocenters. The molecule has 2 amide bonds. The van der Waals surface area contributed by atoms with Crippen LogP contribution in [0.5, 0.6) is 0 Å². The maximum absolute atomic E-state index is 12.7. The molecule has 5 heteroatoms. The van der Waals surface area contributed by atoms with Crippen LogP contribution in [0.4, 0.5) is 0 Å². The highest BCUT2D eigenvalue weighted by Crippen LogP contribution is 2.16. The van der Waals surface area contributed by atoms with E-state index in [2.05, 4.69) is 5.32 Å². The predicted octanol–water partition coefficient (Wildman–Crippen LogP) is 4.34. The SMILES string of the molecule is Cc1ccc(CNC(=O)[C@H](C)N(Cc2ccc(Cl)cc2)C(=O)C(C)C)cc1. The normalized spacial score (nSPS) is 11.9. The van der Waals surface area contributed by atoms with E-state index >= 15 is 0 Å². The van der Waals surface area contributed by atoms with Crippen LogP contribution >= 0.6 is 11.6 Å². The molecule has 144 valence electrons. The van der Waals surface area contributed by atoms with E-state index in [1.54, 1.807) is 24.0 Å². The monoisotopic (exact) mass is 386 g/mol. The quantitative estimate of drug-likeness (QED) is 0.769. The van der Waals surface area contributed by atoms with Crippen molar-refractivity contribution in [2.75, 3.05) is 0 Å². The number of carbonyl (C=O) groups excluding carboxylic acids is 2. The Morgan fingerprint density at radius 1 is 0.963 bits per heavy atom. The van der Waals surface area contributed by atoms with Gasteiger partial charge in [0.25, 0.3) is 0 Å². The zero-order valence-electron chi connectivity index (χ0n) is 16.3. The van der Waals surface area contributed by atoms with Gasteiger partial charge < -0.3 is 10.2 Å². The molecule has 0 bridgehead atoms. The van der Waals surface area contributed by atoms with E-state index in [1.807, 2.05) is 57.2 Å². The van der Waals surface area contributed by atoms with Crippen LogP contribution in [0.3, 0.4) is 0 Å². The van der Waals surface area contributed by atoms with Gasteiger partial charge in [0, 0.05) is 24.0 Å². The lowest BCUT2D eigenvalue weighted by Crippen LogP contribution is -2.48. The van der Waals surface area contributed by atoms with E-state index in [4.69, 9.17) is 11.6 Å². The van der Waals surface area contributed by atoms with E-state index in [1.165, 1.54) is 5.56 Å². The van der Waals surface area contributed by atoms with Gasteiger partial charge in [-0.2, -0.15) is 0 Å². The number of amides is 2. The second-order valence-corrected chi connectivity index (χ2v) is 7.56. The molecule has 2 rings (SSSR count). The van der Waals surface area contributed by atoms with Crippen molar-refractivity contribution in [3.63, 3.8) is 0 Å². The summed E-state index contributed by atoms with van der Waals surface area (Å²) in [5.74, 6) is -0.411. The zero-order chi connectivity index (χ0) is 20.0. The van der Waals surface area contributed by atoms with Gasteiger partial charge in [-0.05, 0) is 37.1 Å². The third-order valence-electron chi connectivity index (χ3n) is 4.48. The Morgan fingerprint density at radius 3 is 2.07 bits per heavy atom. The molecule has 0 radical (unpaired) electrons. The number of nitrogens with zero attached hydrogens (tertiary/aromatic N) is 1. The fourth-order valence-electron chi connectivity index (χ4n) is 2.71. The lowest BCUT2D eigenvalue weighted by molar-refractivity contribution is -0.143. The minimum absolute atomic E-state index is 0.0528. The molecule has 0 heterocycles. The Labute approximate surface area is 166 Å². The van der Waals surface area contributed by atoms with Crippen molar-refractivity contribution in [3.8, 4) is 0 Å². The number of benzene rings is 2. The van der Waals surface area contributed by atoms with Crippen LogP contribution in [0.2, 0.25) is 5.02 Å². The molecule has 0 aliphatic heterocycles. The van der Waals surface area contributed by atoms with Crippen LogP contribution in [0, 0.1) is 12.8 Å². The summed E-state index contributed by atoms with van der Waals surface area (Å²) in [6.07, 6.45) is 0. The average Bonchev–Trinajstić information content (AvgIpc) is 2.65. The number of aryl methyl sites for hydroxylation is 1. The Kier molecular flexibility index (Phi) is 7.43. The number of rotatable bonds is 7. The largest absolute Gasteiger partial charge is 0.350 e. The van der Waals surface area contributed by atoms with Crippen molar-refractivity contribution in [3.05, 3.63) is 70.2 Å². The number of hydrogen-bond donors (Lipinski definition) is 1. The molecule has 0 saturated carbocycles. The zero-order valence-corrected chi connectivity index (χ0v) is 17.1. The summed E-state index contributed by atoms with van der Waals surface area (Å²) in [7, 11) is 0. The minimum Gasteiger partial charge on any atom is -0.350 e. The first-order valence-electron chi connectivity index (χ1n) is 9.16. The average molecular weight is 387 g/mol. The molecule has 2 aromatic rings. The Bertz CT molecular complexity index is 770. The summed E-state index contributed by atoms with van der Waals surface area (Å²) in [5.41, 5.74) is 3.14. The third kappa shape index (κ3) is 6.10. The van der Waals surface area contributed by atoms with Gasteiger partial charge in [0.1, 0.15) is 6.04 Å². The summed E-state index contributed by atoms with van der Waals surface area (Å²) < 4.78 is 0. The van der Waals surface area contributed by atoms with Crippen LogP contribution in [-0.4, -0.2) is 22.8 Å². The van der Waals surface area contributed by atoms with E-state index in [0.29, 0.717) is 18.1 Å². The van der Waals surface area contributed by atoms with Crippen molar-refractivity contribution in [1.29, 1.82) is 0 Å². The number of hydrogen-bond acceptors (Lipinski definition) is 2. The first kappa shape index (κ1) is 21.0. The molecular weight excluding hydrogens is 360 g/mol. The highest BCUT2D eigenvalue weighted by Gasteiger charge is 2.27. The van der Waals surface area contributed by atoms with E-state index < -0.39 is 6.04 Å². The second kappa shape index (κ2) is 9.56. The molecule has 0 spiro atoms. The van der Waals surface area contributed by atoms with E-state index in [-0.39, 0.29) is 17.7 Å². The highest BCUT2D eigenvalue weighted by atomic mass is 35.5. The smallest absolute Gasteiger partial charge is 0.242 e. The molecular formula is C22H27ClN2O2. The van der Waals surface area contributed by atoms with Crippen LogP contribution in [0.1, 0.15) is 37.5 Å². The molecule has 0 saturated heterocycles. The maximum atomic E-state index is 12.7. The maximum Gasteiger partial charge on any atom is 0.242 e. The summed E-state index contributed by atoms with van der Waals surface area (Å²) in [4.78, 5) is 27.0. The highest BCUT2D eigenvalue weighted by molar-refractivity contribution is 6.30. The summed E-state index contributed by atoms with van der Waals surface area (Å²) in [6.45, 7) is 8.28. The fourth-order valence-corrected chi connectivity index (χ4v) is 2.83. The Hall–Kier alpha value is -2.33. The van der Waals surface area contributed by atoms with Crippen molar-refractivity contribution in [2.45, 2.75) is 46.8 Å². The third-order valence-corrected chi connectivity index (χ3v) is 4.73. The van der Waals surface area contributed by atoms with Gasteiger partial charge in [0.2, 0.25) is 11.8 Å². The van der Waals surface area contributed by atoms with Gasteiger partial charge in [-0.25, -0.2) is 0 Å². The van der Waals surface area contributed by atoms with E-state index in [0.717, 1.165) is 11.1 Å². The molecule has 0 aliphatic carbocycles. The first-order chi connectivity index (χ1) is 12.8. The van der Waals surface area contributed by atoms with Crippen molar-refractivity contribution in [1.82, 2.24) is 10.2 Å². The van der Waals surface area contributed by atoms with Crippen molar-refractivity contribution >= 4 is 23.4 Å². The van der Waals surface area contributed by atoms with Gasteiger partial charge in [-0.3, -0.25) is 9.59 Å². The lowest BCUT2D eigenvalue weighted by Gasteiger charge is -2.30.